The number of aromatic amines is 1. The molecule has 2 heterocycles. The van der Waals surface area contributed by atoms with Gasteiger partial charge in [-0.3, -0.25) is 0 Å². The van der Waals surface area contributed by atoms with Crippen LogP contribution in [-0.4, -0.2) is 20.8 Å². The molecule has 0 spiro atoms. The van der Waals surface area contributed by atoms with Crippen LogP contribution >= 0.6 is 0 Å². The molecule has 0 fully saturated rings. The lowest BCUT2D eigenvalue weighted by Crippen LogP contribution is -2.32. The van der Waals surface area contributed by atoms with Crippen molar-refractivity contribution in [1.82, 2.24) is 0 Å². The quantitative estimate of drug-likeness (QED) is 0.221. The molecular weight excluding hydrogens is 412 g/mol. The summed E-state index contributed by atoms with van der Waals surface area (Å²) in [5.74, 6) is 2.31. The predicted molar refractivity (Wildman–Crippen MR) is 131 cm³/mol. The first-order valence-electron chi connectivity index (χ1n) is 12.1. The van der Waals surface area contributed by atoms with E-state index in [1.165, 1.54) is 56.1 Å². The first-order valence-corrected chi connectivity index (χ1v) is 12.1. The van der Waals surface area contributed by atoms with Crippen LogP contribution in [0.15, 0.2) is 67.3 Å². The summed E-state index contributed by atoms with van der Waals surface area (Å²) in [6.07, 6.45) is 18.4. The van der Waals surface area contributed by atoms with E-state index in [1.807, 2.05) is 30.6 Å². The molecule has 0 aliphatic heterocycles. The molecule has 1 N–H and O–H groups in total. The van der Waals surface area contributed by atoms with E-state index >= 15 is 0 Å². The maximum atomic E-state index is 5.86. The van der Waals surface area contributed by atoms with Gasteiger partial charge in [0.15, 0.2) is 24.8 Å². The number of nitrogens with one attached hydrogen (secondary N) is 1. The van der Waals surface area contributed by atoms with Crippen LogP contribution in [0.25, 0.3) is 11.1 Å². The number of pyridine rings is 2. The Morgan fingerprint density at radius 2 is 1.15 bits per heavy atom. The SMILES string of the molecule is COc1cc(OC)cc(OCCCCCCCCCC[n+]2ccc(-c3cc[nH+]cc3)cc2)c1. The third-order valence-corrected chi connectivity index (χ3v) is 5.85. The molecule has 2 aromatic heterocycles. The van der Waals surface area contributed by atoms with Gasteiger partial charge in [0, 0.05) is 48.9 Å². The molecule has 3 rings (SSSR count). The number of unbranched alkanes of at least 4 members (excludes halogenated alkanes) is 7. The van der Waals surface area contributed by atoms with Crippen molar-refractivity contribution in [3.8, 4) is 28.4 Å². The molecule has 0 amide bonds. The van der Waals surface area contributed by atoms with E-state index in [0.717, 1.165) is 36.8 Å². The minimum atomic E-state index is 0.731. The largest absolute Gasteiger partial charge is 0.496 e. The van der Waals surface area contributed by atoms with Crippen molar-refractivity contribution in [2.75, 3.05) is 20.8 Å². The van der Waals surface area contributed by atoms with Crippen LogP contribution in [0.3, 0.4) is 0 Å². The highest BCUT2D eigenvalue weighted by Crippen LogP contribution is 2.27. The Balaban J connectivity index is 1.19. The fourth-order valence-corrected chi connectivity index (χ4v) is 3.89. The van der Waals surface area contributed by atoms with Crippen LogP contribution in [0, 0.1) is 0 Å². The van der Waals surface area contributed by atoms with Crippen molar-refractivity contribution >= 4 is 0 Å². The van der Waals surface area contributed by atoms with E-state index < -0.39 is 0 Å². The molecule has 0 saturated heterocycles. The highest BCUT2D eigenvalue weighted by molar-refractivity contribution is 5.60. The molecule has 0 bridgehead atoms. The Morgan fingerprint density at radius 1 is 0.636 bits per heavy atom. The Kier molecular flexibility index (Phi) is 10.5. The van der Waals surface area contributed by atoms with Gasteiger partial charge in [-0.15, -0.1) is 0 Å². The van der Waals surface area contributed by atoms with Gasteiger partial charge in [0.25, 0.3) is 0 Å². The topological polar surface area (TPSA) is 45.7 Å². The smallest absolute Gasteiger partial charge is 0.169 e. The summed E-state index contributed by atoms with van der Waals surface area (Å²) < 4.78 is 18.7. The third-order valence-electron chi connectivity index (χ3n) is 5.85. The molecule has 0 aliphatic carbocycles. The van der Waals surface area contributed by atoms with Crippen LogP contribution < -0.4 is 23.8 Å². The second-order valence-electron chi connectivity index (χ2n) is 8.34. The van der Waals surface area contributed by atoms with Crippen LogP contribution in [0.1, 0.15) is 51.4 Å². The van der Waals surface area contributed by atoms with Gasteiger partial charge in [-0.05, 0) is 24.0 Å². The molecule has 0 atom stereocenters. The number of nitrogens with zero attached hydrogens (tertiary/aromatic N) is 1. The van der Waals surface area contributed by atoms with Gasteiger partial charge < -0.3 is 14.2 Å². The lowest BCUT2D eigenvalue weighted by molar-refractivity contribution is -0.697. The number of H-pyrrole nitrogens is 1. The van der Waals surface area contributed by atoms with Gasteiger partial charge >= 0.3 is 0 Å². The number of hydrogen-bond donors (Lipinski definition) is 0. The highest BCUT2D eigenvalue weighted by Gasteiger charge is 2.04. The van der Waals surface area contributed by atoms with Crippen molar-refractivity contribution in [2.24, 2.45) is 0 Å². The molecule has 5 nitrogen and oxygen atoms in total. The lowest BCUT2D eigenvalue weighted by atomic mass is 10.1. The van der Waals surface area contributed by atoms with Gasteiger partial charge in [-0.25, -0.2) is 9.55 Å². The molecule has 176 valence electrons. The Morgan fingerprint density at radius 3 is 1.76 bits per heavy atom. The molecule has 0 radical (unpaired) electrons. The zero-order valence-electron chi connectivity index (χ0n) is 20.1. The second kappa shape index (κ2) is 14.1. The number of rotatable bonds is 15. The van der Waals surface area contributed by atoms with Gasteiger partial charge in [0.1, 0.15) is 23.8 Å². The number of aryl methyl sites for hydroxylation is 1. The molecular formula is C28H38N2O3+2. The normalized spacial score (nSPS) is 10.7. The monoisotopic (exact) mass is 450 g/mol. The number of methoxy groups -OCH3 is 2. The minimum absolute atomic E-state index is 0.731. The van der Waals surface area contributed by atoms with E-state index in [0.29, 0.717) is 0 Å². The van der Waals surface area contributed by atoms with Crippen molar-refractivity contribution in [3.05, 3.63) is 67.3 Å². The molecule has 0 saturated carbocycles. The average Bonchev–Trinajstić information content (AvgIpc) is 2.88. The number of hydrogen-bond acceptors (Lipinski definition) is 3. The number of benzene rings is 1. The summed E-state index contributed by atoms with van der Waals surface area (Å²) in [6.45, 7) is 1.82. The van der Waals surface area contributed by atoms with Crippen molar-refractivity contribution in [3.63, 3.8) is 0 Å². The molecule has 5 heteroatoms. The average molecular weight is 451 g/mol. The molecule has 1 aromatic carbocycles. The Bertz CT molecular complexity index is 907. The second-order valence-corrected chi connectivity index (χ2v) is 8.34. The summed E-state index contributed by atoms with van der Waals surface area (Å²) in [5.41, 5.74) is 2.50. The lowest BCUT2D eigenvalue weighted by Gasteiger charge is -2.10. The zero-order chi connectivity index (χ0) is 23.1. The predicted octanol–water partition coefficient (Wildman–Crippen LogP) is 5.67. The fourth-order valence-electron chi connectivity index (χ4n) is 3.89. The van der Waals surface area contributed by atoms with E-state index in [1.54, 1.807) is 14.2 Å². The van der Waals surface area contributed by atoms with Gasteiger partial charge in [0.05, 0.1) is 20.8 Å². The molecule has 0 unspecified atom stereocenters. The molecule has 33 heavy (non-hydrogen) atoms. The van der Waals surface area contributed by atoms with Crippen LogP contribution in [0.5, 0.6) is 17.2 Å². The van der Waals surface area contributed by atoms with Gasteiger partial charge in [-0.2, -0.15) is 0 Å². The first-order chi connectivity index (χ1) is 16.3. The van der Waals surface area contributed by atoms with Crippen LogP contribution in [-0.2, 0) is 6.54 Å². The number of aromatic nitrogens is 2. The van der Waals surface area contributed by atoms with E-state index in [-0.39, 0.29) is 0 Å². The summed E-state index contributed by atoms with van der Waals surface area (Å²) in [6, 6.07) is 14.3. The maximum absolute atomic E-state index is 5.86. The first kappa shape index (κ1) is 24.6. The summed E-state index contributed by atoms with van der Waals surface area (Å²) in [5, 5.41) is 0. The Labute approximate surface area is 198 Å². The van der Waals surface area contributed by atoms with Crippen LogP contribution in [0.4, 0.5) is 0 Å². The summed E-state index contributed by atoms with van der Waals surface area (Å²) >= 11 is 0. The highest BCUT2D eigenvalue weighted by atomic mass is 16.5. The summed E-state index contributed by atoms with van der Waals surface area (Å²) in [7, 11) is 3.31. The van der Waals surface area contributed by atoms with Crippen molar-refractivity contribution in [1.29, 1.82) is 0 Å². The van der Waals surface area contributed by atoms with Crippen molar-refractivity contribution < 1.29 is 23.8 Å². The van der Waals surface area contributed by atoms with E-state index in [4.69, 9.17) is 14.2 Å². The third kappa shape index (κ3) is 8.76. The van der Waals surface area contributed by atoms with E-state index in [9.17, 15) is 0 Å². The fraction of sp³-hybridized carbons (Fsp3) is 0.429. The van der Waals surface area contributed by atoms with Crippen molar-refractivity contribution in [2.45, 2.75) is 57.9 Å². The molecule has 0 aliphatic rings. The number of ether oxygens (including phenoxy) is 3. The van der Waals surface area contributed by atoms with Gasteiger partial charge in [-0.1, -0.05) is 32.1 Å². The van der Waals surface area contributed by atoms with Crippen LogP contribution in [0.2, 0.25) is 0 Å². The summed E-state index contributed by atoms with van der Waals surface area (Å²) in [4.78, 5) is 3.07. The molecule has 3 aromatic rings. The minimum Gasteiger partial charge on any atom is -0.496 e. The standard InChI is InChI=1S/C28H37N2O3/c1-31-26-21-27(32-2)23-28(22-26)33-20-10-8-6-4-3-5-7-9-17-30-18-13-25(14-19-30)24-11-15-29-16-12-24/h11-16,18-19,21-23H,3-10,17,20H2,1-2H3/q+1/p+1. The maximum Gasteiger partial charge on any atom is 0.169 e. The van der Waals surface area contributed by atoms with Gasteiger partial charge in [0.2, 0.25) is 0 Å². The van der Waals surface area contributed by atoms with E-state index in [2.05, 4.69) is 46.2 Å². The Hall–Kier alpha value is -3.08. The zero-order valence-corrected chi connectivity index (χ0v) is 20.1.